The summed E-state index contributed by atoms with van der Waals surface area (Å²) >= 11 is 12.1. The first-order valence-corrected chi connectivity index (χ1v) is 8.81. The van der Waals surface area contributed by atoms with Crippen molar-refractivity contribution in [1.82, 2.24) is 14.5 Å². The van der Waals surface area contributed by atoms with Crippen LogP contribution in [-0.4, -0.2) is 34.3 Å². The normalized spacial score (nSPS) is 10.6. The molecule has 0 aliphatic rings. The van der Waals surface area contributed by atoms with Crippen molar-refractivity contribution in [2.24, 2.45) is 0 Å². The van der Waals surface area contributed by atoms with Gasteiger partial charge in [0.1, 0.15) is 6.54 Å². The van der Waals surface area contributed by atoms with E-state index in [4.69, 9.17) is 27.9 Å². The summed E-state index contributed by atoms with van der Waals surface area (Å²) in [6, 6.07) is 4.41. The highest BCUT2D eigenvalue weighted by atomic mass is 35.5. The van der Waals surface area contributed by atoms with Gasteiger partial charge in [0.05, 0.1) is 12.3 Å². The predicted molar refractivity (Wildman–Crippen MR) is 99.1 cm³/mol. The summed E-state index contributed by atoms with van der Waals surface area (Å²) in [5.74, 6) is -0.557. The van der Waals surface area contributed by atoms with Crippen LogP contribution in [0.15, 0.2) is 29.2 Å². The summed E-state index contributed by atoms with van der Waals surface area (Å²) in [6.45, 7) is 3.70. The Morgan fingerprint density at radius 3 is 2.58 bits per heavy atom. The zero-order valence-electron chi connectivity index (χ0n) is 14.4. The fourth-order valence-electron chi connectivity index (χ4n) is 2.44. The number of aromatic nitrogens is 2. The standard InChI is InChI=1S/C17H19Cl2N3O4/c1-3-20-16(24)22-13(7-11-5-6-12(18)8-14(11)19)9-21(17(22)25)10-15(23)26-4-2/h5-6,8-9H,3-4,7,10H2,1-2H3,(H,20,24). The molecule has 26 heavy (non-hydrogen) atoms. The maximum absolute atomic E-state index is 12.6. The zero-order chi connectivity index (χ0) is 19.3. The Balaban J connectivity index is 2.43. The van der Waals surface area contributed by atoms with Crippen LogP contribution < -0.4 is 11.0 Å². The van der Waals surface area contributed by atoms with Gasteiger partial charge in [0.15, 0.2) is 0 Å². The van der Waals surface area contributed by atoms with Gasteiger partial charge in [-0.1, -0.05) is 29.3 Å². The molecule has 2 rings (SSSR count). The number of hydrogen-bond acceptors (Lipinski definition) is 4. The van der Waals surface area contributed by atoms with Gasteiger partial charge >= 0.3 is 17.7 Å². The second kappa shape index (κ2) is 8.91. The minimum atomic E-state index is -0.621. The van der Waals surface area contributed by atoms with Crippen molar-refractivity contribution in [1.29, 1.82) is 0 Å². The molecule has 0 saturated carbocycles. The van der Waals surface area contributed by atoms with Gasteiger partial charge in [-0.25, -0.2) is 14.2 Å². The largest absolute Gasteiger partial charge is 0.465 e. The third kappa shape index (κ3) is 4.68. The molecule has 0 spiro atoms. The van der Waals surface area contributed by atoms with E-state index in [-0.39, 0.29) is 19.6 Å². The van der Waals surface area contributed by atoms with Gasteiger partial charge < -0.3 is 10.1 Å². The van der Waals surface area contributed by atoms with Gasteiger partial charge in [-0.2, -0.15) is 0 Å². The number of esters is 1. The van der Waals surface area contributed by atoms with Gasteiger partial charge in [-0.3, -0.25) is 9.36 Å². The van der Waals surface area contributed by atoms with Crippen LogP contribution in [0.1, 0.15) is 25.1 Å². The molecule has 0 unspecified atom stereocenters. The van der Waals surface area contributed by atoms with E-state index in [2.05, 4.69) is 5.32 Å². The number of carbonyl (C=O) groups is 2. The molecule has 0 radical (unpaired) electrons. The average Bonchev–Trinajstić information content (AvgIpc) is 2.86. The minimum Gasteiger partial charge on any atom is -0.465 e. The topological polar surface area (TPSA) is 82.3 Å². The lowest BCUT2D eigenvalue weighted by Gasteiger charge is -2.08. The molecule has 1 heterocycles. The Labute approximate surface area is 160 Å². The van der Waals surface area contributed by atoms with Gasteiger partial charge in [-0.05, 0) is 31.5 Å². The number of nitrogens with one attached hydrogen (secondary N) is 1. The molecular weight excluding hydrogens is 381 g/mol. The van der Waals surface area contributed by atoms with Crippen molar-refractivity contribution in [2.45, 2.75) is 26.8 Å². The van der Waals surface area contributed by atoms with E-state index in [1.54, 1.807) is 32.0 Å². The first-order chi connectivity index (χ1) is 12.4. The lowest BCUT2D eigenvalue weighted by Crippen LogP contribution is -2.38. The smallest absolute Gasteiger partial charge is 0.337 e. The van der Waals surface area contributed by atoms with E-state index in [0.29, 0.717) is 27.8 Å². The molecule has 0 atom stereocenters. The van der Waals surface area contributed by atoms with Crippen LogP contribution in [0.2, 0.25) is 10.0 Å². The second-order valence-corrected chi connectivity index (χ2v) is 6.26. The molecule has 0 aliphatic heterocycles. The molecule has 9 heteroatoms. The maximum atomic E-state index is 12.6. The van der Waals surface area contributed by atoms with Gasteiger partial charge in [-0.15, -0.1) is 0 Å². The van der Waals surface area contributed by atoms with E-state index < -0.39 is 17.7 Å². The first kappa shape index (κ1) is 20.1. The fraction of sp³-hybridized carbons (Fsp3) is 0.353. The quantitative estimate of drug-likeness (QED) is 0.756. The number of halogens is 2. The summed E-state index contributed by atoms with van der Waals surface area (Å²) < 4.78 is 7.00. The van der Waals surface area contributed by atoms with Crippen LogP contribution in [0, 0.1) is 0 Å². The lowest BCUT2D eigenvalue weighted by atomic mass is 10.1. The van der Waals surface area contributed by atoms with Crippen molar-refractivity contribution < 1.29 is 14.3 Å². The minimum absolute atomic E-state index is 0.206. The van der Waals surface area contributed by atoms with E-state index in [9.17, 15) is 14.4 Å². The number of hydrogen-bond donors (Lipinski definition) is 1. The Hall–Kier alpha value is -2.25. The molecule has 140 valence electrons. The second-order valence-electron chi connectivity index (χ2n) is 5.42. The Kier molecular flexibility index (Phi) is 6.88. The zero-order valence-corrected chi connectivity index (χ0v) is 15.9. The number of amides is 1. The molecule has 7 nitrogen and oxygen atoms in total. The van der Waals surface area contributed by atoms with Gasteiger partial charge in [0.25, 0.3) is 0 Å². The van der Waals surface area contributed by atoms with Crippen LogP contribution in [0.25, 0.3) is 0 Å². The van der Waals surface area contributed by atoms with Crippen LogP contribution in [-0.2, 0) is 22.5 Å². The molecule has 1 aromatic heterocycles. The third-order valence-electron chi connectivity index (χ3n) is 3.55. The summed E-state index contributed by atoms with van der Waals surface area (Å²) in [5, 5.41) is 3.49. The third-order valence-corrected chi connectivity index (χ3v) is 4.14. The molecule has 0 fully saturated rings. The summed E-state index contributed by atoms with van der Waals surface area (Å²) in [5.41, 5.74) is 0.473. The van der Waals surface area contributed by atoms with Crippen molar-refractivity contribution in [3.05, 3.63) is 56.2 Å². The maximum Gasteiger partial charge on any atom is 0.337 e. The first-order valence-electron chi connectivity index (χ1n) is 8.06. The number of imidazole rings is 1. The Morgan fingerprint density at radius 2 is 1.96 bits per heavy atom. The molecule has 1 N–H and O–H groups in total. The summed E-state index contributed by atoms with van der Waals surface area (Å²) in [4.78, 5) is 36.6. The van der Waals surface area contributed by atoms with Crippen molar-refractivity contribution >= 4 is 35.2 Å². The predicted octanol–water partition coefficient (Wildman–Crippen LogP) is 2.69. The summed E-state index contributed by atoms with van der Waals surface area (Å²) in [7, 11) is 0. The molecule has 1 aromatic carbocycles. The SMILES string of the molecule is CCNC(=O)n1c(Cc2ccc(Cl)cc2Cl)cn(CC(=O)OCC)c1=O. The van der Waals surface area contributed by atoms with E-state index in [1.165, 1.54) is 6.20 Å². The molecule has 0 saturated heterocycles. The monoisotopic (exact) mass is 399 g/mol. The summed E-state index contributed by atoms with van der Waals surface area (Å²) in [6.07, 6.45) is 1.68. The number of nitrogens with zero attached hydrogens (tertiary/aromatic N) is 2. The number of rotatable bonds is 6. The van der Waals surface area contributed by atoms with Gasteiger partial charge in [0.2, 0.25) is 0 Å². The average molecular weight is 400 g/mol. The Morgan fingerprint density at radius 1 is 1.23 bits per heavy atom. The van der Waals surface area contributed by atoms with Crippen LogP contribution >= 0.6 is 23.2 Å². The van der Waals surface area contributed by atoms with E-state index in [1.807, 2.05) is 0 Å². The van der Waals surface area contributed by atoms with Crippen molar-refractivity contribution in [2.75, 3.05) is 13.2 Å². The van der Waals surface area contributed by atoms with E-state index in [0.717, 1.165) is 9.13 Å². The number of benzene rings is 1. The van der Waals surface area contributed by atoms with Crippen LogP contribution in [0.4, 0.5) is 4.79 Å². The highest BCUT2D eigenvalue weighted by molar-refractivity contribution is 6.35. The van der Waals surface area contributed by atoms with Crippen molar-refractivity contribution in [3.63, 3.8) is 0 Å². The van der Waals surface area contributed by atoms with Crippen LogP contribution in [0.5, 0.6) is 0 Å². The fourth-order valence-corrected chi connectivity index (χ4v) is 2.91. The molecule has 1 amide bonds. The van der Waals surface area contributed by atoms with E-state index >= 15 is 0 Å². The lowest BCUT2D eigenvalue weighted by molar-refractivity contribution is -0.143. The molecule has 0 bridgehead atoms. The van der Waals surface area contributed by atoms with Crippen molar-refractivity contribution in [3.8, 4) is 0 Å². The Bertz CT molecular complexity index is 873. The highest BCUT2D eigenvalue weighted by Gasteiger charge is 2.19. The molecular formula is C17H19Cl2N3O4. The van der Waals surface area contributed by atoms with Gasteiger partial charge in [0, 0.05) is 29.2 Å². The number of ether oxygens (including phenoxy) is 1. The molecule has 0 aliphatic carbocycles. The molecule has 2 aromatic rings. The highest BCUT2D eigenvalue weighted by Crippen LogP contribution is 2.23. The van der Waals surface area contributed by atoms with Crippen LogP contribution in [0.3, 0.4) is 0 Å². The number of carbonyl (C=O) groups excluding carboxylic acids is 2.